The van der Waals surface area contributed by atoms with Gasteiger partial charge in [-0.15, -0.1) is 24.0 Å². The highest BCUT2D eigenvalue weighted by Crippen LogP contribution is 2.26. The van der Waals surface area contributed by atoms with Crippen molar-refractivity contribution in [3.05, 3.63) is 50.8 Å². The molecule has 8 heteroatoms. The summed E-state index contributed by atoms with van der Waals surface area (Å²) in [6, 6.07) is 5.52. The SMILES string of the molecule is CCNC(=NCc1c(C)nn(C)c1C)NC(C)c1ccc(Cl)cc1Cl.I. The second-order valence-corrected chi connectivity index (χ2v) is 6.84. The smallest absolute Gasteiger partial charge is 0.192 e. The molecule has 2 aromatic rings. The van der Waals surface area contributed by atoms with E-state index in [1.807, 2.05) is 44.6 Å². The van der Waals surface area contributed by atoms with Crippen molar-refractivity contribution in [1.29, 1.82) is 0 Å². The number of rotatable bonds is 5. The van der Waals surface area contributed by atoms with Crippen molar-refractivity contribution < 1.29 is 0 Å². The van der Waals surface area contributed by atoms with Gasteiger partial charge in [-0.2, -0.15) is 5.10 Å². The molecule has 2 N–H and O–H groups in total. The van der Waals surface area contributed by atoms with Gasteiger partial charge in [0.2, 0.25) is 0 Å². The Labute approximate surface area is 182 Å². The maximum atomic E-state index is 6.31. The van der Waals surface area contributed by atoms with Crippen molar-refractivity contribution in [1.82, 2.24) is 20.4 Å². The van der Waals surface area contributed by atoms with E-state index < -0.39 is 0 Å². The molecule has 0 aliphatic rings. The minimum absolute atomic E-state index is 0. The lowest BCUT2D eigenvalue weighted by Crippen LogP contribution is -2.38. The highest BCUT2D eigenvalue weighted by Gasteiger charge is 2.13. The molecule has 0 spiro atoms. The number of benzene rings is 1. The molecule has 1 unspecified atom stereocenters. The van der Waals surface area contributed by atoms with Gasteiger partial charge in [-0.1, -0.05) is 29.3 Å². The Hall–Kier alpha value is -0.990. The van der Waals surface area contributed by atoms with Crippen LogP contribution < -0.4 is 10.6 Å². The van der Waals surface area contributed by atoms with Crippen molar-refractivity contribution in [2.24, 2.45) is 12.0 Å². The number of guanidine groups is 1. The van der Waals surface area contributed by atoms with Crippen molar-refractivity contribution >= 4 is 53.1 Å². The number of aliphatic imine (C=N–C) groups is 1. The molecule has 26 heavy (non-hydrogen) atoms. The van der Waals surface area contributed by atoms with E-state index in [1.54, 1.807) is 6.07 Å². The summed E-state index contributed by atoms with van der Waals surface area (Å²) in [5.41, 5.74) is 4.27. The molecule has 0 aliphatic carbocycles. The summed E-state index contributed by atoms with van der Waals surface area (Å²) in [4.78, 5) is 4.70. The van der Waals surface area contributed by atoms with E-state index in [1.165, 1.54) is 0 Å². The minimum atomic E-state index is -0.00124. The molecule has 5 nitrogen and oxygen atoms in total. The Morgan fingerprint density at radius 3 is 2.54 bits per heavy atom. The zero-order valence-electron chi connectivity index (χ0n) is 15.7. The molecule has 2 rings (SSSR count). The van der Waals surface area contributed by atoms with Crippen LogP contribution in [0.2, 0.25) is 10.0 Å². The van der Waals surface area contributed by atoms with Crippen molar-refractivity contribution in [3.8, 4) is 0 Å². The van der Waals surface area contributed by atoms with Crippen LogP contribution in [-0.4, -0.2) is 22.3 Å². The standard InChI is InChI=1S/C18H25Cl2N5.HI/c1-6-21-18(22-10-16-12(3)24-25(5)13(16)4)23-11(2)15-8-7-14(19)9-17(15)20;/h7-9,11H,6,10H2,1-5H3,(H2,21,22,23);1H. The van der Waals surface area contributed by atoms with E-state index in [9.17, 15) is 0 Å². The van der Waals surface area contributed by atoms with Crippen LogP contribution in [0.15, 0.2) is 23.2 Å². The van der Waals surface area contributed by atoms with Gasteiger partial charge in [0, 0.05) is 34.9 Å². The van der Waals surface area contributed by atoms with Crippen LogP contribution in [0, 0.1) is 13.8 Å². The average molecular weight is 510 g/mol. The Morgan fingerprint density at radius 2 is 2.00 bits per heavy atom. The second kappa shape index (κ2) is 10.4. The second-order valence-electron chi connectivity index (χ2n) is 6.00. The van der Waals surface area contributed by atoms with E-state index in [4.69, 9.17) is 28.2 Å². The molecule has 0 amide bonds. The third-order valence-electron chi connectivity index (χ3n) is 4.18. The quantitative estimate of drug-likeness (QED) is 0.346. The summed E-state index contributed by atoms with van der Waals surface area (Å²) in [6.07, 6.45) is 0. The predicted molar refractivity (Wildman–Crippen MR) is 121 cm³/mol. The normalized spacial score (nSPS) is 12.5. The minimum Gasteiger partial charge on any atom is -0.357 e. The maximum Gasteiger partial charge on any atom is 0.192 e. The van der Waals surface area contributed by atoms with Crippen LogP contribution in [0.3, 0.4) is 0 Å². The molecule has 1 atom stereocenters. The van der Waals surface area contributed by atoms with Crippen molar-refractivity contribution in [2.75, 3.05) is 6.54 Å². The first-order valence-corrected chi connectivity index (χ1v) is 9.08. The van der Waals surface area contributed by atoms with Gasteiger partial charge in [-0.05, 0) is 45.4 Å². The third kappa shape index (κ3) is 5.76. The van der Waals surface area contributed by atoms with E-state index >= 15 is 0 Å². The van der Waals surface area contributed by atoms with Crippen LogP contribution in [0.4, 0.5) is 0 Å². The van der Waals surface area contributed by atoms with Gasteiger partial charge in [0.1, 0.15) is 0 Å². The Morgan fingerprint density at radius 1 is 1.31 bits per heavy atom. The molecule has 1 aromatic heterocycles. The van der Waals surface area contributed by atoms with Crippen LogP contribution in [-0.2, 0) is 13.6 Å². The maximum absolute atomic E-state index is 6.31. The van der Waals surface area contributed by atoms with Gasteiger partial charge >= 0.3 is 0 Å². The van der Waals surface area contributed by atoms with Crippen molar-refractivity contribution in [3.63, 3.8) is 0 Å². The fourth-order valence-corrected chi connectivity index (χ4v) is 3.23. The monoisotopic (exact) mass is 509 g/mol. The molecule has 0 radical (unpaired) electrons. The highest BCUT2D eigenvalue weighted by molar-refractivity contribution is 14.0. The number of nitrogens with one attached hydrogen (secondary N) is 2. The first-order chi connectivity index (χ1) is 11.8. The van der Waals surface area contributed by atoms with Gasteiger partial charge < -0.3 is 10.6 Å². The van der Waals surface area contributed by atoms with E-state index in [-0.39, 0.29) is 30.0 Å². The molecule has 0 fully saturated rings. The highest BCUT2D eigenvalue weighted by atomic mass is 127. The van der Waals surface area contributed by atoms with Gasteiger partial charge in [0.25, 0.3) is 0 Å². The summed E-state index contributed by atoms with van der Waals surface area (Å²) in [6.45, 7) is 9.50. The summed E-state index contributed by atoms with van der Waals surface area (Å²) in [5.74, 6) is 0.740. The Balaban J connectivity index is 0.00000338. The Bertz CT molecular complexity index is 773. The zero-order valence-corrected chi connectivity index (χ0v) is 19.6. The average Bonchev–Trinajstić information content (AvgIpc) is 2.78. The molecule has 144 valence electrons. The predicted octanol–water partition coefficient (Wildman–Crippen LogP) is 4.78. The van der Waals surface area contributed by atoms with Gasteiger partial charge in [0.05, 0.1) is 18.3 Å². The summed E-state index contributed by atoms with van der Waals surface area (Å²) < 4.78 is 1.89. The molecule has 1 aromatic carbocycles. The number of halogens is 3. The van der Waals surface area contributed by atoms with Gasteiger partial charge in [0.15, 0.2) is 5.96 Å². The van der Waals surface area contributed by atoms with Gasteiger partial charge in [-0.25, -0.2) is 4.99 Å². The fourth-order valence-electron chi connectivity index (χ4n) is 2.66. The third-order valence-corrected chi connectivity index (χ3v) is 4.74. The molecular weight excluding hydrogens is 484 g/mol. The van der Waals surface area contributed by atoms with Crippen LogP contribution in [0.1, 0.15) is 42.4 Å². The van der Waals surface area contributed by atoms with E-state index in [0.717, 1.165) is 35.0 Å². The summed E-state index contributed by atoms with van der Waals surface area (Å²) in [7, 11) is 1.95. The van der Waals surface area contributed by atoms with E-state index in [2.05, 4.69) is 22.7 Å². The lowest BCUT2D eigenvalue weighted by molar-refractivity contribution is 0.686. The zero-order chi connectivity index (χ0) is 18.6. The largest absolute Gasteiger partial charge is 0.357 e. The first kappa shape index (κ1) is 23.0. The summed E-state index contributed by atoms with van der Waals surface area (Å²) in [5, 5.41) is 12.4. The van der Waals surface area contributed by atoms with Gasteiger partial charge in [-0.3, -0.25) is 4.68 Å². The molecule has 0 bridgehead atoms. The lowest BCUT2D eigenvalue weighted by atomic mass is 10.1. The number of hydrogen-bond donors (Lipinski definition) is 2. The Kier molecular flexibility index (Phi) is 9.19. The summed E-state index contributed by atoms with van der Waals surface area (Å²) >= 11 is 12.3. The molecule has 0 saturated heterocycles. The van der Waals surface area contributed by atoms with E-state index in [0.29, 0.717) is 16.6 Å². The molecular formula is C18H26Cl2IN5. The number of aromatic nitrogens is 2. The number of hydrogen-bond acceptors (Lipinski definition) is 2. The number of nitrogens with zero attached hydrogens (tertiary/aromatic N) is 3. The van der Waals surface area contributed by atoms with Crippen LogP contribution in [0.5, 0.6) is 0 Å². The lowest BCUT2D eigenvalue weighted by Gasteiger charge is -2.19. The van der Waals surface area contributed by atoms with Crippen LogP contribution in [0.25, 0.3) is 0 Å². The fraction of sp³-hybridized carbons (Fsp3) is 0.444. The van der Waals surface area contributed by atoms with Crippen molar-refractivity contribution in [2.45, 2.75) is 40.3 Å². The van der Waals surface area contributed by atoms with Crippen LogP contribution >= 0.6 is 47.2 Å². The molecule has 1 heterocycles. The topological polar surface area (TPSA) is 54.2 Å². The molecule has 0 aliphatic heterocycles. The number of aryl methyl sites for hydroxylation is 2. The molecule has 0 saturated carbocycles. The first-order valence-electron chi connectivity index (χ1n) is 8.32.